The molecule has 0 fully saturated rings. The summed E-state index contributed by atoms with van der Waals surface area (Å²) in [5.74, 6) is -3.00. The van der Waals surface area contributed by atoms with Crippen LogP contribution in [-0.4, -0.2) is 61.0 Å². The summed E-state index contributed by atoms with van der Waals surface area (Å²) in [6.45, 7) is 1.86. The molecule has 0 radical (unpaired) electrons. The van der Waals surface area contributed by atoms with Crippen LogP contribution in [0.3, 0.4) is 0 Å². The monoisotopic (exact) mass is 476 g/mol. The molecule has 14 heteroatoms. The minimum absolute atomic E-state index is 0.0410. The van der Waals surface area contributed by atoms with Gasteiger partial charge in [-0.3, -0.25) is 0 Å². The number of nitrogens with two attached hydrogens (primary N) is 1. The number of carbonyl (C=O) groups is 2. The van der Waals surface area contributed by atoms with E-state index in [0.717, 1.165) is 0 Å². The first-order valence-electron chi connectivity index (χ1n) is 7.32. The van der Waals surface area contributed by atoms with Gasteiger partial charge < -0.3 is 5.11 Å². The molecule has 4 N–H and O–H groups in total. The molecule has 1 aliphatic heterocycles. The van der Waals surface area contributed by atoms with E-state index in [0.29, 0.717) is 22.4 Å². The van der Waals surface area contributed by atoms with E-state index in [1.165, 1.54) is 6.07 Å². The summed E-state index contributed by atoms with van der Waals surface area (Å²) >= 11 is -0.184. The first-order valence-corrected chi connectivity index (χ1v) is 9.52. The number of hydrogen-bond donors (Lipinski definition) is 3. The van der Waals surface area contributed by atoms with Crippen molar-refractivity contribution in [3.63, 3.8) is 0 Å². The van der Waals surface area contributed by atoms with E-state index in [1.807, 2.05) is 6.92 Å². The van der Waals surface area contributed by atoms with Gasteiger partial charge in [-0.1, -0.05) is 0 Å². The second-order valence-electron chi connectivity index (χ2n) is 5.24. The number of nitro benzene ring substituents is 1. The van der Waals surface area contributed by atoms with Crippen LogP contribution in [0.15, 0.2) is 12.1 Å². The van der Waals surface area contributed by atoms with Crippen molar-refractivity contribution < 1.29 is 47.4 Å². The number of fused-ring (bicyclic) bond motifs is 1. The molecule has 0 aliphatic carbocycles. The molecule has 2 rings (SSSR count). The number of carboxylic acid groups (broad SMARTS) is 2. The van der Waals surface area contributed by atoms with Crippen molar-refractivity contribution in [3.05, 3.63) is 27.8 Å². The molecule has 28 heavy (non-hydrogen) atoms. The molecule has 1 heterocycles. The summed E-state index contributed by atoms with van der Waals surface area (Å²) in [5.41, 5.74) is 5.94. The smallest absolute Gasteiger partial charge is 0.475 e. The van der Waals surface area contributed by atoms with Gasteiger partial charge in [-0.05, 0) is 0 Å². The quantitative estimate of drug-likeness (QED) is 0.315. The molecule has 0 bridgehead atoms. The van der Waals surface area contributed by atoms with E-state index < -0.39 is 29.1 Å². The number of benzene rings is 1. The van der Waals surface area contributed by atoms with Crippen molar-refractivity contribution >= 4 is 32.6 Å². The predicted molar refractivity (Wildman–Crippen MR) is 87.5 cm³/mol. The van der Waals surface area contributed by atoms with Gasteiger partial charge in [-0.15, -0.1) is 0 Å². The summed E-state index contributed by atoms with van der Waals surface area (Å²) in [4.78, 5) is 30.2. The summed E-state index contributed by atoms with van der Waals surface area (Å²) in [6.07, 6.45) is -5.08. The number of ether oxygens (including phenoxy) is 2. The molecule has 156 valence electrons. The number of rotatable bonds is 6. The fourth-order valence-electron chi connectivity index (χ4n) is 1.84. The summed E-state index contributed by atoms with van der Waals surface area (Å²) in [7, 11) is 0. The van der Waals surface area contributed by atoms with Gasteiger partial charge in [0.25, 0.3) is 0 Å². The van der Waals surface area contributed by atoms with Crippen molar-refractivity contribution in [2.75, 3.05) is 6.79 Å². The minimum Gasteiger partial charge on any atom is -0.475 e. The van der Waals surface area contributed by atoms with Crippen LogP contribution >= 0.6 is 0 Å². The molecular formula is C14H15F3N2O8Se. The standard InChI is InChI=1S/C12H14N2O6Se.C2HF3O2/c1-6(21-4-8(13)12(15)16)7-2-10-11(20-5-19-10)3-9(7)14(17)18;3-2(4,5)1(6)7/h2-3,6,8H,4-5,13H2,1H3,(H,15,16);(H,6,7)/t6?,8-;/m0./s1. The van der Waals surface area contributed by atoms with Gasteiger partial charge in [0, 0.05) is 0 Å². The maximum Gasteiger partial charge on any atom is 0.490 e. The Labute approximate surface area is 161 Å². The summed E-state index contributed by atoms with van der Waals surface area (Å²) in [5, 5.41) is 27.4. The van der Waals surface area contributed by atoms with Gasteiger partial charge in [0.15, 0.2) is 0 Å². The maximum absolute atomic E-state index is 11.2. The van der Waals surface area contributed by atoms with Crippen LogP contribution in [-0.2, 0) is 9.59 Å². The molecular weight excluding hydrogens is 460 g/mol. The van der Waals surface area contributed by atoms with Crippen molar-refractivity contribution in [2.24, 2.45) is 5.73 Å². The number of nitro groups is 1. The Balaban J connectivity index is 0.000000480. The zero-order chi connectivity index (χ0) is 21.6. The van der Waals surface area contributed by atoms with Crippen LogP contribution in [0.2, 0.25) is 5.32 Å². The summed E-state index contributed by atoms with van der Waals surface area (Å²) < 4.78 is 42.1. The molecule has 1 aromatic carbocycles. The van der Waals surface area contributed by atoms with E-state index in [2.05, 4.69) is 0 Å². The third-order valence-electron chi connectivity index (χ3n) is 3.24. The molecule has 2 atom stereocenters. The average molecular weight is 475 g/mol. The topological polar surface area (TPSA) is 162 Å². The zero-order valence-corrected chi connectivity index (χ0v) is 15.8. The van der Waals surface area contributed by atoms with Gasteiger partial charge in [0.05, 0.1) is 0 Å². The third-order valence-corrected chi connectivity index (χ3v) is 5.98. The first kappa shape index (κ1) is 23.5. The van der Waals surface area contributed by atoms with Crippen LogP contribution in [0.25, 0.3) is 0 Å². The fraction of sp³-hybridized carbons (Fsp3) is 0.429. The molecule has 0 spiro atoms. The minimum atomic E-state index is -5.08. The Kier molecular flexibility index (Phi) is 8.02. The zero-order valence-electron chi connectivity index (χ0n) is 14.1. The maximum atomic E-state index is 11.2. The van der Waals surface area contributed by atoms with Crippen LogP contribution < -0.4 is 15.2 Å². The normalized spacial score (nSPS) is 14.5. The molecule has 0 aromatic heterocycles. The van der Waals surface area contributed by atoms with Crippen LogP contribution in [0.1, 0.15) is 17.3 Å². The molecule has 0 saturated heterocycles. The number of aliphatic carboxylic acids is 2. The van der Waals surface area contributed by atoms with Gasteiger partial charge in [-0.2, -0.15) is 13.2 Å². The number of nitrogens with zero attached hydrogens (tertiary/aromatic N) is 1. The average Bonchev–Trinajstić information content (AvgIpc) is 3.05. The predicted octanol–water partition coefficient (Wildman–Crippen LogP) is 1.55. The van der Waals surface area contributed by atoms with Gasteiger partial charge in [-0.25, -0.2) is 4.79 Å². The van der Waals surface area contributed by atoms with E-state index in [4.69, 9.17) is 30.2 Å². The van der Waals surface area contributed by atoms with Crippen LogP contribution in [0, 0.1) is 10.1 Å². The third kappa shape index (κ3) is 6.55. The summed E-state index contributed by atoms with van der Waals surface area (Å²) in [6, 6.07) is 2.00. The number of alkyl halides is 3. The Morgan fingerprint density at radius 3 is 2.25 bits per heavy atom. The van der Waals surface area contributed by atoms with E-state index >= 15 is 0 Å². The number of hydrogen-bond acceptors (Lipinski definition) is 7. The van der Waals surface area contributed by atoms with Gasteiger partial charge in [0.2, 0.25) is 0 Å². The number of halogens is 3. The van der Waals surface area contributed by atoms with E-state index in [-0.39, 0.29) is 32.3 Å². The van der Waals surface area contributed by atoms with Gasteiger partial charge >= 0.3 is 138 Å². The SMILES string of the molecule is CC([Se]C[C@H](N)C(=O)O)c1cc2c(cc1[N+](=O)[O-])OCO2.O=C(O)C(F)(F)F. The molecule has 1 aliphatic rings. The Bertz CT molecular complexity index is 759. The van der Waals surface area contributed by atoms with Crippen molar-refractivity contribution in [1.29, 1.82) is 0 Å². The molecule has 0 amide bonds. The van der Waals surface area contributed by atoms with E-state index in [1.54, 1.807) is 6.07 Å². The molecule has 1 aromatic rings. The molecule has 10 nitrogen and oxygen atoms in total. The Morgan fingerprint density at radius 1 is 1.32 bits per heavy atom. The molecule has 1 unspecified atom stereocenters. The van der Waals surface area contributed by atoms with Crippen LogP contribution in [0.5, 0.6) is 11.5 Å². The second-order valence-corrected chi connectivity index (χ2v) is 8.13. The number of carboxylic acids is 2. The Hall–Kier alpha value is -2.57. The van der Waals surface area contributed by atoms with Crippen molar-refractivity contribution in [1.82, 2.24) is 0 Å². The van der Waals surface area contributed by atoms with Crippen molar-refractivity contribution in [3.8, 4) is 11.5 Å². The second kappa shape index (κ2) is 9.57. The molecule has 0 saturated carbocycles. The van der Waals surface area contributed by atoms with Gasteiger partial charge in [0.1, 0.15) is 0 Å². The Morgan fingerprint density at radius 2 is 1.82 bits per heavy atom. The van der Waals surface area contributed by atoms with Crippen LogP contribution in [0.4, 0.5) is 18.9 Å². The largest absolute Gasteiger partial charge is 0.490 e. The fourth-order valence-corrected chi connectivity index (χ4v) is 3.95. The first-order chi connectivity index (χ1) is 12.8. The van der Waals surface area contributed by atoms with Crippen molar-refractivity contribution in [2.45, 2.75) is 29.3 Å². The van der Waals surface area contributed by atoms with E-state index in [9.17, 15) is 28.1 Å².